The number of rotatable bonds is 8. The fourth-order valence-corrected chi connectivity index (χ4v) is 4.79. The van der Waals surface area contributed by atoms with Crippen molar-refractivity contribution in [2.75, 3.05) is 38.0 Å². The molecule has 15 heteroatoms. The van der Waals surface area contributed by atoms with Crippen molar-refractivity contribution in [3.05, 3.63) is 101 Å². The number of carbonyl (C=O) groups excluding carboxylic acids is 2. The van der Waals surface area contributed by atoms with E-state index in [0.29, 0.717) is 36.3 Å². The number of benzene rings is 3. The Morgan fingerprint density at radius 3 is 2.00 bits per heavy atom. The Kier molecular flexibility index (Phi) is 10.0. The molecule has 1 heterocycles. The summed E-state index contributed by atoms with van der Waals surface area (Å²) in [5.74, 6) is -1.33. The minimum Gasteiger partial charge on any atom is -0.387 e. The molecule has 0 aliphatic carbocycles. The van der Waals surface area contributed by atoms with Gasteiger partial charge in [0.2, 0.25) is 0 Å². The molecule has 4 N–H and O–H groups in total. The third kappa shape index (κ3) is 7.72. The average Bonchev–Trinajstić information content (AvgIpc) is 3.00. The van der Waals surface area contributed by atoms with Crippen LogP contribution >= 0.6 is 0 Å². The van der Waals surface area contributed by atoms with Gasteiger partial charge in [-0.25, -0.2) is 9.18 Å². The van der Waals surface area contributed by atoms with Gasteiger partial charge in [-0.2, -0.15) is 26.3 Å². The normalized spacial score (nSPS) is 15.4. The molecule has 1 fully saturated rings. The highest BCUT2D eigenvalue weighted by molar-refractivity contribution is 5.95. The maximum Gasteiger partial charge on any atom is 0.430 e. The van der Waals surface area contributed by atoms with Crippen LogP contribution in [-0.2, 0) is 12.1 Å². The van der Waals surface area contributed by atoms with Crippen LogP contribution in [0.2, 0.25) is 0 Å². The first kappa shape index (κ1) is 33.7. The van der Waals surface area contributed by atoms with Gasteiger partial charge in [0.1, 0.15) is 5.82 Å². The minimum atomic E-state index is -5.98. The molecule has 0 saturated carbocycles. The molecular formula is C30H29F7N4O4. The van der Waals surface area contributed by atoms with Crippen LogP contribution in [-0.4, -0.2) is 77.0 Å². The maximum absolute atomic E-state index is 14.7. The molecule has 1 atom stereocenters. The highest BCUT2D eigenvalue weighted by Gasteiger charge is 2.71. The largest absolute Gasteiger partial charge is 0.430 e. The van der Waals surface area contributed by atoms with Crippen LogP contribution in [0.5, 0.6) is 0 Å². The lowest BCUT2D eigenvalue weighted by atomic mass is 9.91. The van der Waals surface area contributed by atoms with Gasteiger partial charge < -0.3 is 25.7 Å². The number of carbonyl (C=O) groups is 2. The zero-order valence-corrected chi connectivity index (χ0v) is 23.5. The first-order chi connectivity index (χ1) is 21.1. The highest BCUT2D eigenvalue weighted by Crippen LogP contribution is 2.50. The number of alkyl halides is 6. The number of anilines is 1. The summed E-state index contributed by atoms with van der Waals surface area (Å²) in [6, 6.07) is 14.7. The van der Waals surface area contributed by atoms with Crippen molar-refractivity contribution < 1.29 is 50.5 Å². The van der Waals surface area contributed by atoms with Crippen LogP contribution in [0, 0.1) is 5.82 Å². The van der Waals surface area contributed by atoms with E-state index in [1.165, 1.54) is 17.0 Å². The van der Waals surface area contributed by atoms with Crippen molar-refractivity contribution in [3.63, 3.8) is 0 Å². The third-order valence-electron chi connectivity index (χ3n) is 7.36. The van der Waals surface area contributed by atoms with Gasteiger partial charge in [0.15, 0.2) is 0 Å². The molecule has 0 unspecified atom stereocenters. The molecule has 0 bridgehead atoms. The molecule has 3 amide bonds. The van der Waals surface area contributed by atoms with Gasteiger partial charge in [0.05, 0.1) is 11.8 Å². The summed E-state index contributed by atoms with van der Waals surface area (Å²) in [6.07, 6.45) is -12.9. The highest BCUT2D eigenvalue weighted by atomic mass is 19.4. The molecule has 242 valence electrons. The zero-order valence-electron chi connectivity index (χ0n) is 23.5. The monoisotopic (exact) mass is 642 g/mol. The molecule has 3 aromatic rings. The molecule has 0 spiro atoms. The Hall–Kier alpha value is -4.21. The van der Waals surface area contributed by atoms with Crippen LogP contribution in [0.1, 0.15) is 33.2 Å². The summed E-state index contributed by atoms with van der Waals surface area (Å²) in [5, 5.41) is 24.5. The fourth-order valence-electron chi connectivity index (χ4n) is 4.79. The molecule has 1 aliphatic rings. The number of nitrogens with one attached hydrogen (secondary N) is 2. The van der Waals surface area contributed by atoms with Crippen molar-refractivity contribution in [3.8, 4) is 0 Å². The van der Waals surface area contributed by atoms with Crippen molar-refractivity contribution in [1.29, 1.82) is 0 Å². The van der Waals surface area contributed by atoms with Gasteiger partial charge in [-0.3, -0.25) is 9.69 Å². The van der Waals surface area contributed by atoms with E-state index in [4.69, 9.17) is 0 Å². The summed E-state index contributed by atoms with van der Waals surface area (Å²) in [5.41, 5.74) is -5.51. The maximum atomic E-state index is 14.7. The Bertz CT molecular complexity index is 1460. The number of hydrogen-bond acceptors (Lipinski definition) is 5. The van der Waals surface area contributed by atoms with Gasteiger partial charge in [-0.1, -0.05) is 54.6 Å². The van der Waals surface area contributed by atoms with E-state index in [1.807, 2.05) is 4.90 Å². The quantitative estimate of drug-likeness (QED) is 0.261. The molecular weight excluding hydrogens is 613 g/mol. The van der Waals surface area contributed by atoms with E-state index in [-0.39, 0.29) is 37.4 Å². The van der Waals surface area contributed by atoms with Crippen LogP contribution in [0.15, 0.2) is 72.8 Å². The minimum absolute atomic E-state index is 0.0313. The van der Waals surface area contributed by atoms with Crippen LogP contribution in [0.3, 0.4) is 0 Å². The second kappa shape index (κ2) is 13.4. The van der Waals surface area contributed by atoms with E-state index >= 15 is 0 Å². The van der Waals surface area contributed by atoms with E-state index in [0.717, 1.165) is 18.2 Å². The van der Waals surface area contributed by atoms with E-state index in [2.05, 4.69) is 10.6 Å². The predicted molar refractivity (Wildman–Crippen MR) is 148 cm³/mol. The summed E-state index contributed by atoms with van der Waals surface area (Å²) in [7, 11) is 0. The molecule has 1 aliphatic heterocycles. The average molecular weight is 643 g/mol. The van der Waals surface area contributed by atoms with Gasteiger partial charge in [-0.15, -0.1) is 0 Å². The lowest BCUT2D eigenvalue weighted by molar-refractivity contribution is -0.376. The van der Waals surface area contributed by atoms with Crippen molar-refractivity contribution >= 4 is 17.6 Å². The zero-order chi connectivity index (χ0) is 33.0. The number of aliphatic hydroxyl groups excluding tert-OH is 1. The lowest BCUT2D eigenvalue weighted by Gasteiger charge is -2.35. The lowest BCUT2D eigenvalue weighted by Crippen LogP contribution is -2.53. The Balaban J connectivity index is 1.28. The van der Waals surface area contributed by atoms with Crippen LogP contribution in [0.4, 0.5) is 41.2 Å². The van der Waals surface area contributed by atoms with Gasteiger partial charge >= 0.3 is 18.4 Å². The van der Waals surface area contributed by atoms with Crippen LogP contribution < -0.4 is 10.6 Å². The van der Waals surface area contributed by atoms with E-state index in [1.54, 1.807) is 30.3 Å². The summed E-state index contributed by atoms with van der Waals surface area (Å²) in [4.78, 5) is 28.4. The number of piperazine rings is 1. The summed E-state index contributed by atoms with van der Waals surface area (Å²) < 4.78 is 93.4. The predicted octanol–water partition coefficient (Wildman–Crippen LogP) is 4.95. The third-order valence-corrected chi connectivity index (χ3v) is 7.36. The molecule has 8 nitrogen and oxygen atoms in total. The van der Waals surface area contributed by atoms with Gasteiger partial charge in [-0.05, 0) is 29.3 Å². The topological polar surface area (TPSA) is 105 Å². The Morgan fingerprint density at radius 1 is 0.844 bits per heavy atom. The van der Waals surface area contributed by atoms with Crippen molar-refractivity contribution in [1.82, 2.24) is 15.1 Å². The smallest absolute Gasteiger partial charge is 0.387 e. The van der Waals surface area contributed by atoms with Gasteiger partial charge in [0, 0.05) is 50.4 Å². The molecule has 4 rings (SSSR count). The number of halogens is 7. The molecule has 0 aromatic heterocycles. The van der Waals surface area contributed by atoms with E-state index in [9.17, 15) is 50.5 Å². The number of urea groups is 1. The second-order valence-electron chi connectivity index (χ2n) is 10.4. The number of amides is 3. The summed E-state index contributed by atoms with van der Waals surface area (Å²) >= 11 is 0. The Labute approximate surface area is 253 Å². The summed E-state index contributed by atoms with van der Waals surface area (Å²) in [6.45, 7) is 1.11. The number of hydrogen-bond donors (Lipinski definition) is 4. The second-order valence-corrected chi connectivity index (χ2v) is 10.4. The first-order valence-electron chi connectivity index (χ1n) is 13.6. The Morgan fingerprint density at radius 2 is 1.44 bits per heavy atom. The molecule has 1 saturated heterocycles. The van der Waals surface area contributed by atoms with Crippen LogP contribution in [0.25, 0.3) is 0 Å². The molecule has 0 radical (unpaired) electrons. The SMILES string of the molecule is O=C(NC[C@H](O)c1ccccc1)Nc1ccc(C(=O)N2CCN(Cc3ccc(C(O)(C(F)(F)F)C(F)(F)F)cc3)CC2)cc1F. The van der Waals surface area contributed by atoms with Crippen molar-refractivity contribution in [2.24, 2.45) is 0 Å². The van der Waals surface area contributed by atoms with E-state index < -0.39 is 47.4 Å². The standard InChI is InChI=1S/C30H29F7N4O4/c31-23-16-21(8-11-24(23)39-27(44)38-17-25(42)20-4-2-1-3-5-20)26(43)41-14-12-40(13-15-41)18-19-6-9-22(10-7-19)28(45,29(32,33)34)30(35,36)37/h1-11,16,25,42,45H,12-15,17-18H2,(H2,38,39,44)/t25-/m0/s1. The number of aliphatic hydroxyl groups is 2. The number of nitrogens with zero attached hydrogens (tertiary/aromatic N) is 2. The van der Waals surface area contributed by atoms with Crippen molar-refractivity contribution in [2.45, 2.75) is 30.6 Å². The fraction of sp³-hybridized carbons (Fsp3) is 0.333. The van der Waals surface area contributed by atoms with Gasteiger partial charge in [0.25, 0.3) is 11.5 Å². The first-order valence-corrected chi connectivity index (χ1v) is 13.6. The molecule has 45 heavy (non-hydrogen) atoms. The molecule has 3 aromatic carbocycles.